The number of hydrogen-bond donors (Lipinski definition) is 0. The maximum Gasteiger partial charge on any atom is 0.365 e. The number of nitrogens with zero attached hydrogens (tertiary/aromatic N) is 3. The normalized spacial score (nSPS) is 11.9. The van der Waals surface area contributed by atoms with E-state index in [1.54, 1.807) is 31.4 Å². The Morgan fingerprint density at radius 1 is 1.19 bits per heavy atom. The number of ether oxygens (including phenoxy) is 1. The van der Waals surface area contributed by atoms with Gasteiger partial charge in [-0.1, -0.05) is 34.7 Å². The fourth-order valence-electron chi connectivity index (χ4n) is 2.95. The number of oxime groups is 1. The van der Waals surface area contributed by atoms with Crippen molar-refractivity contribution in [1.82, 2.24) is 9.38 Å². The number of hydrogen-bond acceptors (Lipinski definition) is 6. The molecule has 0 N–H and O–H groups in total. The van der Waals surface area contributed by atoms with Crippen molar-refractivity contribution < 1.29 is 14.4 Å². The predicted octanol–water partition coefficient (Wildman–Crippen LogP) is 4.45. The molecule has 2 heterocycles. The molecule has 0 unspecified atom stereocenters. The molecule has 0 saturated heterocycles. The number of carbonyl (C=O) groups excluding carboxylic acids is 1. The Hall–Kier alpha value is -3.19. The lowest BCUT2D eigenvalue weighted by Crippen LogP contribution is -2.04. The molecule has 2 aromatic heterocycles. The first kappa shape index (κ1) is 17.2. The second kappa shape index (κ2) is 6.85. The van der Waals surface area contributed by atoms with Crippen LogP contribution in [0.15, 0.2) is 53.7 Å². The predicted molar refractivity (Wildman–Crippen MR) is 106 cm³/mol. The molecule has 6 nitrogen and oxygen atoms in total. The van der Waals surface area contributed by atoms with Crippen molar-refractivity contribution in [3.05, 3.63) is 64.7 Å². The molecule has 4 rings (SSSR count). The zero-order valence-electron chi connectivity index (χ0n) is 15.1. The second-order valence-electron chi connectivity index (χ2n) is 6.02. The number of para-hydroxylation sites is 2. The highest BCUT2D eigenvalue weighted by atomic mass is 32.1. The molecule has 0 aliphatic rings. The number of carbonyl (C=O) groups is 1. The van der Waals surface area contributed by atoms with Gasteiger partial charge >= 0.3 is 5.97 Å². The van der Waals surface area contributed by atoms with E-state index in [0.717, 1.165) is 26.6 Å². The number of benzene rings is 2. The van der Waals surface area contributed by atoms with Crippen molar-refractivity contribution in [2.24, 2.45) is 5.16 Å². The summed E-state index contributed by atoms with van der Waals surface area (Å²) in [6, 6.07) is 14.8. The van der Waals surface area contributed by atoms with Gasteiger partial charge in [-0.05, 0) is 44.2 Å². The smallest absolute Gasteiger partial charge is 0.365 e. The first-order chi connectivity index (χ1) is 13.1. The van der Waals surface area contributed by atoms with Crippen molar-refractivity contribution >= 4 is 39.0 Å². The molecule has 0 amide bonds. The highest BCUT2D eigenvalue weighted by molar-refractivity contribution is 7.19. The molecule has 0 aliphatic heterocycles. The van der Waals surface area contributed by atoms with Gasteiger partial charge in [-0.15, -0.1) is 0 Å². The monoisotopic (exact) mass is 379 g/mol. The third kappa shape index (κ3) is 3.06. The summed E-state index contributed by atoms with van der Waals surface area (Å²) in [4.78, 5) is 23.8. The molecule has 0 fully saturated rings. The Balaban J connectivity index is 1.63. The van der Waals surface area contributed by atoms with Crippen LogP contribution in [0.1, 0.15) is 27.9 Å². The van der Waals surface area contributed by atoms with Crippen LogP contribution in [0.25, 0.3) is 16.0 Å². The average Bonchev–Trinajstić information content (AvgIpc) is 3.22. The van der Waals surface area contributed by atoms with E-state index in [4.69, 9.17) is 9.57 Å². The number of aryl methyl sites for hydroxylation is 1. The van der Waals surface area contributed by atoms with Crippen molar-refractivity contribution in [1.29, 1.82) is 0 Å². The SMILES string of the molecule is COc1cccc(C(=O)O/N=C(/C)c2sc3nc4ccccc4n3c2C)c1. The van der Waals surface area contributed by atoms with E-state index in [0.29, 0.717) is 17.0 Å². The van der Waals surface area contributed by atoms with Crippen LogP contribution in [0.4, 0.5) is 0 Å². The quantitative estimate of drug-likeness (QED) is 0.299. The van der Waals surface area contributed by atoms with Crippen LogP contribution in [0.2, 0.25) is 0 Å². The summed E-state index contributed by atoms with van der Waals surface area (Å²) in [6.45, 7) is 3.83. The summed E-state index contributed by atoms with van der Waals surface area (Å²) in [5, 5.41) is 4.04. The Bertz CT molecular complexity index is 1190. The van der Waals surface area contributed by atoms with Gasteiger partial charge in [-0.3, -0.25) is 4.40 Å². The molecule has 7 heteroatoms. The number of fused-ring (bicyclic) bond motifs is 3. The zero-order valence-corrected chi connectivity index (χ0v) is 15.9. The van der Waals surface area contributed by atoms with E-state index in [-0.39, 0.29) is 0 Å². The van der Waals surface area contributed by atoms with Crippen LogP contribution in [0, 0.1) is 6.92 Å². The molecule has 0 saturated carbocycles. The van der Waals surface area contributed by atoms with Crippen molar-refractivity contribution in [3.63, 3.8) is 0 Å². The third-order valence-electron chi connectivity index (χ3n) is 4.29. The van der Waals surface area contributed by atoms with Crippen molar-refractivity contribution in [3.8, 4) is 5.75 Å². The first-order valence-corrected chi connectivity index (χ1v) is 9.17. The molecule has 136 valence electrons. The van der Waals surface area contributed by atoms with Gasteiger partial charge in [-0.25, -0.2) is 9.78 Å². The lowest BCUT2D eigenvalue weighted by Gasteiger charge is -2.03. The fraction of sp³-hybridized carbons (Fsp3) is 0.150. The summed E-state index contributed by atoms with van der Waals surface area (Å²) in [5.74, 6) is 0.0602. The summed E-state index contributed by atoms with van der Waals surface area (Å²) < 4.78 is 7.22. The number of rotatable bonds is 4. The maximum absolute atomic E-state index is 12.2. The fourth-order valence-corrected chi connectivity index (χ4v) is 4.03. The zero-order chi connectivity index (χ0) is 19.0. The van der Waals surface area contributed by atoms with Crippen LogP contribution in [-0.4, -0.2) is 28.2 Å². The van der Waals surface area contributed by atoms with E-state index in [1.807, 2.05) is 38.1 Å². The largest absolute Gasteiger partial charge is 0.497 e. The lowest BCUT2D eigenvalue weighted by molar-refractivity contribution is 0.0516. The van der Waals surface area contributed by atoms with Crippen molar-refractivity contribution in [2.45, 2.75) is 13.8 Å². The molecule has 27 heavy (non-hydrogen) atoms. The molecule has 4 aromatic rings. The number of aromatic nitrogens is 2. The summed E-state index contributed by atoms with van der Waals surface area (Å²) in [7, 11) is 1.55. The molecule has 0 aliphatic carbocycles. The molecule has 0 bridgehead atoms. The van der Waals surface area contributed by atoms with E-state index >= 15 is 0 Å². The number of methoxy groups -OCH3 is 1. The second-order valence-corrected chi connectivity index (χ2v) is 7.00. The average molecular weight is 379 g/mol. The Labute approximate surface area is 159 Å². The van der Waals surface area contributed by atoms with Gasteiger partial charge in [0.15, 0.2) is 4.96 Å². The molecule has 0 radical (unpaired) electrons. The summed E-state index contributed by atoms with van der Waals surface area (Å²) >= 11 is 1.52. The third-order valence-corrected chi connectivity index (χ3v) is 5.54. The summed E-state index contributed by atoms with van der Waals surface area (Å²) in [6.07, 6.45) is 0. The molecule has 2 aromatic carbocycles. The van der Waals surface area contributed by atoms with Gasteiger partial charge in [0.1, 0.15) is 5.75 Å². The minimum atomic E-state index is -0.530. The van der Waals surface area contributed by atoms with E-state index in [9.17, 15) is 4.79 Å². The lowest BCUT2D eigenvalue weighted by atomic mass is 10.2. The first-order valence-electron chi connectivity index (χ1n) is 8.35. The van der Waals surface area contributed by atoms with Gasteiger partial charge in [0, 0.05) is 5.69 Å². The van der Waals surface area contributed by atoms with E-state index < -0.39 is 5.97 Å². The van der Waals surface area contributed by atoms with Gasteiger partial charge in [0.2, 0.25) is 0 Å². The molecular formula is C20H17N3O3S. The highest BCUT2D eigenvalue weighted by Crippen LogP contribution is 2.28. The highest BCUT2D eigenvalue weighted by Gasteiger charge is 2.16. The van der Waals surface area contributed by atoms with E-state index in [1.165, 1.54) is 11.3 Å². The number of imidazole rings is 1. The maximum atomic E-state index is 12.2. The van der Waals surface area contributed by atoms with E-state index in [2.05, 4.69) is 14.5 Å². The molecule has 0 atom stereocenters. The number of thiazole rings is 1. The van der Waals surface area contributed by atoms with Crippen LogP contribution in [0.3, 0.4) is 0 Å². The molecule has 0 spiro atoms. The molecular weight excluding hydrogens is 362 g/mol. The summed E-state index contributed by atoms with van der Waals surface area (Å²) in [5.41, 5.74) is 4.03. The minimum Gasteiger partial charge on any atom is -0.497 e. The van der Waals surface area contributed by atoms with Crippen LogP contribution >= 0.6 is 11.3 Å². The van der Waals surface area contributed by atoms with Crippen molar-refractivity contribution in [2.75, 3.05) is 7.11 Å². The van der Waals surface area contributed by atoms with Crippen LogP contribution in [-0.2, 0) is 4.84 Å². The van der Waals surface area contributed by atoms with Gasteiger partial charge in [-0.2, -0.15) is 0 Å². The van der Waals surface area contributed by atoms with Crippen LogP contribution < -0.4 is 4.74 Å². The topological polar surface area (TPSA) is 65.2 Å². The van der Waals surface area contributed by atoms with Gasteiger partial charge in [0.25, 0.3) is 0 Å². The Morgan fingerprint density at radius 3 is 2.81 bits per heavy atom. The minimum absolute atomic E-state index is 0.384. The Kier molecular flexibility index (Phi) is 4.37. The standard InChI is InChI=1S/C20H17N3O3S/c1-12(22-26-19(24)14-7-6-8-15(11-14)25-3)18-13(2)23-17-10-5-4-9-16(17)21-20(23)27-18/h4-11H,1-3H3/b22-12-. The Morgan fingerprint density at radius 2 is 2.00 bits per heavy atom. The van der Waals surface area contributed by atoms with Gasteiger partial charge < -0.3 is 9.57 Å². The van der Waals surface area contributed by atoms with Gasteiger partial charge in [0.05, 0.1) is 34.3 Å². The van der Waals surface area contributed by atoms with Crippen LogP contribution in [0.5, 0.6) is 5.75 Å².